The van der Waals surface area contributed by atoms with Crippen LogP contribution in [0.25, 0.3) is 0 Å². The molecule has 1 atom stereocenters. The van der Waals surface area contributed by atoms with Gasteiger partial charge in [0.15, 0.2) is 11.5 Å². The number of carbonyl (C=O) groups excluding carboxylic acids is 1. The zero-order valence-corrected chi connectivity index (χ0v) is 12.9. The second-order valence-electron chi connectivity index (χ2n) is 4.97. The molecule has 0 bridgehead atoms. The van der Waals surface area contributed by atoms with Crippen molar-refractivity contribution in [3.63, 3.8) is 0 Å². The Morgan fingerprint density at radius 3 is 2.29 bits per heavy atom. The number of nitrogens with zero attached hydrogens (tertiary/aromatic N) is 1. The minimum absolute atomic E-state index is 0.0248. The van der Waals surface area contributed by atoms with E-state index in [0.29, 0.717) is 29.4 Å². The fourth-order valence-corrected chi connectivity index (χ4v) is 2.51. The van der Waals surface area contributed by atoms with Crippen molar-refractivity contribution in [2.75, 3.05) is 41.0 Å². The normalized spacial score (nSPS) is 18.3. The maximum atomic E-state index is 12.7. The number of nitrogens with one attached hydrogen (secondary N) is 1. The summed E-state index contributed by atoms with van der Waals surface area (Å²) in [6, 6.07) is 3.54. The molecule has 21 heavy (non-hydrogen) atoms. The summed E-state index contributed by atoms with van der Waals surface area (Å²) in [6.07, 6.45) is 0. The molecule has 1 aromatic carbocycles. The Bertz CT molecular complexity index is 493. The van der Waals surface area contributed by atoms with Crippen molar-refractivity contribution in [2.45, 2.75) is 13.0 Å². The average Bonchev–Trinajstić information content (AvgIpc) is 2.53. The van der Waals surface area contributed by atoms with Crippen molar-refractivity contribution < 1.29 is 19.0 Å². The van der Waals surface area contributed by atoms with E-state index >= 15 is 0 Å². The molecule has 1 saturated heterocycles. The molecule has 1 aromatic rings. The molecule has 6 nitrogen and oxygen atoms in total. The maximum absolute atomic E-state index is 12.7. The van der Waals surface area contributed by atoms with Crippen LogP contribution in [0.1, 0.15) is 17.3 Å². The number of ether oxygens (including phenoxy) is 3. The second-order valence-corrected chi connectivity index (χ2v) is 4.97. The highest BCUT2D eigenvalue weighted by Crippen LogP contribution is 2.38. The van der Waals surface area contributed by atoms with Gasteiger partial charge in [-0.1, -0.05) is 0 Å². The van der Waals surface area contributed by atoms with Gasteiger partial charge in [-0.2, -0.15) is 0 Å². The average molecular weight is 294 g/mol. The second kappa shape index (κ2) is 6.67. The highest BCUT2D eigenvalue weighted by atomic mass is 16.5. The van der Waals surface area contributed by atoms with Crippen LogP contribution in [-0.2, 0) is 0 Å². The zero-order valence-electron chi connectivity index (χ0n) is 12.9. The molecule has 1 heterocycles. The predicted octanol–water partition coefficient (Wildman–Crippen LogP) is 1.15. The van der Waals surface area contributed by atoms with Gasteiger partial charge >= 0.3 is 0 Å². The molecule has 0 saturated carbocycles. The standard InChI is InChI=1S/C15H22N2O4/c1-10-9-16-5-6-17(10)15(18)11-7-12(19-2)14(21-4)13(8-11)20-3/h7-8,10,16H,5-6,9H2,1-4H3. The van der Waals surface area contributed by atoms with Gasteiger partial charge < -0.3 is 24.4 Å². The van der Waals surface area contributed by atoms with E-state index in [1.54, 1.807) is 33.5 Å². The van der Waals surface area contributed by atoms with E-state index in [4.69, 9.17) is 14.2 Å². The van der Waals surface area contributed by atoms with Crippen molar-refractivity contribution >= 4 is 5.91 Å². The summed E-state index contributed by atoms with van der Waals surface area (Å²) in [5.74, 6) is 1.44. The minimum Gasteiger partial charge on any atom is -0.493 e. The van der Waals surface area contributed by atoms with Gasteiger partial charge in [0, 0.05) is 31.2 Å². The Hall–Kier alpha value is -1.95. The Balaban J connectivity index is 2.36. The molecule has 0 spiro atoms. The molecule has 0 radical (unpaired) electrons. The van der Waals surface area contributed by atoms with Crippen LogP contribution >= 0.6 is 0 Å². The van der Waals surface area contributed by atoms with Gasteiger partial charge in [0.05, 0.1) is 21.3 Å². The van der Waals surface area contributed by atoms with Crippen molar-refractivity contribution in [3.05, 3.63) is 17.7 Å². The lowest BCUT2D eigenvalue weighted by Gasteiger charge is -2.34. The first-order valence-electron chi connectivity index (χ1n) is 6.94. The number of hydrogen-bond acceptors (Lipinski definition) is 5. The van der Waals surface area contributed by atoms with Crippen LogP contribution in [0.4, 0.5) is 0 Å². The van der Waals surface area contributed by atoms with E-state index in [0.717, 1.165) is 13.1 Å². The summed E-state index contributed by atoms with van der Waals surface area (Å²) < 4.78 is 15.9. The number of hydrogen-bond donors (Lipinski definition) is 1. The van der Waals surface area contributed by atoms with Crippen LogP contribution in [0, 0.1) is 0 Å². The minimum atomic E-state index is -0.0248. The van der Waals surface area contributed by atoms with Crippen molar-refractivity contribution in [1.29, 1.82) is 0 Å². The van der Waals surface area contributed by atoms with Crippen LogP contribution in [0.2, 0.25) is 0 Å². The third-order valence-corrected chi connectivity index (χ3v) is 3.67. The first-order chi connectivity index (χ1) is 10.1. The summed E-state index contributed by atoms with van der Waals surface area (Å²) in [6.45, 7) is 4.33. The summed E-state index contributed by atoms with van der Waals surface area (Å²) in [7, 11) is 4.62. The molecule has 1 N–H and O–H groups in total. The number of carbonyl (C=O) groups is 1. The topological polar surface area (TPSA) is 60.0 Å². The number of benzene rings is 1. The van der Waals surface area contributed by atoms with Crippen LogP contribution in [0.5, 0.6) is 17.2 Å². The van der Waals surface area contributed by atoms with Gasteiger partial charge in [0.2, 0.25) is 5.75 Å². The molecule has 1 fully saturated rings. The van der Waals surface area contributed by atoms with E-state index in [2.05, 4.69) is 5.32 Å². The van der Waals surface area contributed by atoms with Crippen molar-refractivity contribution in [1.82, 2.24) is 10.2 Å². The number of amides is 1. The van der Waals surface area contributed by atoms with Gasteiger partial charge in [-0.15, -0.1) is 0 Å². The lowest BCUT2D eigenvalue weighted by Crippen LogP contribution is -2.52. The summed E-state index contributed by atoms with van der Waals surface area (Å²) in [4.78, 5) is 14.6. The van der Waals surface area contributed by atoms with E-state index in [1.807, 2.05) is 11.8 Å². The maximum Gasteiger partial charge on any atom is 0.254 e. The van der Waals surface area contributed by atoms with Gasteiger partial charge in [-0.05, 0) is 19.1 Å². The lowest BCUT2D eigenvalue weighted by atomic mass is 10.1. The fraction of sp³-hybridized carbons (Fsp3) is 0.533. The van der Waals surface area contributed by atoms with Gasteiger partial charge in [-0.25, -0.2) is 0 Å². The lowest BCUT2D eigenvalue weighted by molar-refractivity contribution is 0.0655. The zero-order chi connectivity index (χ0) is 15.4. The Kier molecular flexibility index (Phi) is 4.90. The number of methoxy groups -OCH3 is 3. The van der Waals surface area contributed by atoms with Crippen LogP contribution < -0.4 is 19.5 Å². The van der Waals surface area contributed by atoms with E-state index in [1.165, 1.54) is 0 Å². The van der Waals surface area contributed by atoms with Crippen LogP contribution in [0.3, 0.4) is 0 Å². The smallest absolute Gasteiger partial charge is 0.254 e. The van der Waals surface area contributed by atoms with Crippen molar-refractivity contribution in [3.8, 4) is 17.2 Å². The molecule has 1 aliphatic heterocycles. The Morgan fingerprint density at radius 2 is 1.81 bits per heavy atom. The molecule has 0 aromatic heterocycles. The fourth-order valence-electron chi connectivity index (χ4n) is 2.51. The van der Waals surface area contributed by atoms with Crippen LogP contribution in [0.15, 0.2) is 12.1 Å². The van der Waals surface area contributed by atoms with Gasteiger partial charge in [-0.3, -0.25) is 4.79 Å². The monoisotopic (exact) mass is 294 g/mol. The van der Waals surface area contributed by atoms with Crippen LogP contribution in [-0.4, -0.2) is 57.8 Å². The molecule has 0 aliphatic carbocycles. The molecule has 2 rings (SSSR count). The SMILES string of the molecule is COc1cc(C(=O)N2CCNCC2C)cc(OC)c1OC. The largest absolute Gasteiger partial charge is 0.493 e. The molecular formula is C15H22N2O4. The van der Waals surface area contributed by atoms with E-state index < -0.39 is 0 Å². The molecule has 1 amide bonds. The predicted molar refractivity (Wildman–Crippen MR) is 79.5 cm³/mol. The first kappa shape index (κ1) is 15.4. The molecule has 116 valence electrons. The highest BCUT2D eigenvalue weighted by molar-refractivity contribution is 5.96. The summed E-state index contributed by atoms with van der Waals surface area (Å²) in [5, 5.41) is 3.27. The molecular weight excluding hydrogens is 272 g/mol. The van der Waals surface area contributed by atoms with Gasteiger partial charge in [0.25, 0.3) is 5.91 Å². The summed E-state index contributed by atoms with van der Waals surface area (Å²) in [5.41, 5.74) is 0.540. The van der Waals surface area contributed by atoms with E-state index in [9.17, 15) is 4.79 Å². The number of piperazine rings is 1. The van der Waals surface area contributed by atoms with Crippen molar-refractivity contribution in [2.24, 2.45) is 0 Å². The quantitative estimate of drug-likeness (QED) is 0.902. The number of rotatable bonds is 4. The molecule has 1 aliphatic rings. The Labute approximate surface area is 125 Å². The third kappa shape index (κ3) is 3.05. The third-order valence-electron chi connectivity index (χ3n) is 3.67. The summed E-state index contributed by atoms with van der Waals surface area (Å²) >= 11 is 0. The molecule has 6 heteroatoms. The highest BCUT2D eigenvalue weighted by Gasteiger charge is 2.26. The van der Waals surface area contributed by atoms with Gasteiger partial charge in [0.1, 0.15) is 0 Å². The first-order valence-corrected chi connectivity index (χ1v) is 6.94. The van der Waals surface area contributed by atoms with E-state index in [-0.39, 0.29) is 11.9 Å². The molecule has 1 unspecified atom stereocenters. The Morgan fingerprint density at radius 1 is 1.19 bits per heavy atom.